The smallest absolute Gasteiger partial charge is 0.272 e. The van der Waals surface area contributed by atoms with Crippen LogP contribution in [-0.2, 0) is 0 Å². The molecular weight excluding hydrogens is 279 g/mol. The van der Waals surface area contributed by atoms with Gasteiger partial charge in [0.1, 0.15) is 0 Å². The van der Waals surface area contributed by atoms with Gasteiger partial charge in [0.2, 0.25) is 0 Å². The van der Waals surface area contributed by atoms with Crippen molar-refractivity contribution >= 4 is 34.6 Å². The van der Waals surface area contributed by atoms with Crippen molar-refractivity contribution in [2.24, 2.45) is 0 Å². The van der Waals surface area contributed by atoms with Gasteiger partial charge in [-0.1, -0.05) is 30.1 Å². The van der Waals surface area contributed by atoms with E-state index in [4.69, 9.17) is 28.3 Å². The molecule has 0 aromatic heterocycles. The van der Waals surface area contributed by atoms with E-state index in [1.165, 1.54) is 12.1 Å². The molecule has 0 aliphatic carbocycles. The van der Waals surface area contributed by atoms with Crippen LogP contribution in [0.25, 0.3) is 0 Å². The van der Waals surface area contributed by atoms with Crippen molar-refractivity contribution in [1.29, 1.82) is 0 Å². The summed E-state index contributed by atoms with van der Waals surface area (Å²) in [5, 5.41) is 23.0. The molecule has 0 aliphatic heterocycles. The molecule has 0 heterocycles. The lowest BCUT2D eigenvalue weighted by Crippen LogP contribution is -2.20. The molecule has 2 N–H and O–H groups in total. The molecular formula is C11H14Cl2N2O3. The Morgan fingerprint density at radius 3 is 2.39 bits per heavy atom. The number of halogens is 2. The highest BCUT2D eigenvalue weighted by molar-refractivity contribution is 6.39. The summed E-state index contributed by atoms with van der Waals surface area (Å²) in [6.07, 6.45) is 1.34. The van der Waals surface area contributed by atoms with Crippen molar-refractivity contribution in [2.75, 3.05) is 11.9 Å². The van der Waals surface area contributed by atoms with Gasteiger partial charge in [-0.2, -0.15) is 0 Å². The van der Waals surface area contributed by atoms with Crippen molar-refractivity contribution in [3.05, 3.63) is 32.3 Å². The van der Waals surface area contributed by atoms with Gasteiger partial charge >= 0.3 is 0 Å². The molecule has 1 aromatic carbocycles. The summed E-state index contributed by atoms with van der Waals surface area (Å²) >= 11 is 11.9. The summed E-state index contributed by atoms with van der Waals surface area (Å²) in [4.78, 5) is 10.1. The molecule has 1 unspecified atom stereocenters. The standard InChI is InChI=1S/C11H14Cl2N2O3/c1-2-7(3-4-16)14-11-9(12)5-8(15(17)18)6-10(11)13/h5-7,14,16H,2-4H2,1H3. The number of rotatable bonds is 6. The molecule has 0 aliphatic rings. The van der Waals surface area contributed by atoms with Crippen LogP contribution in [0.3, 0.4) is 0 Å². The lowest BCUT2D eigenvalue weighted by molar-refractivity contribution is -0.384. The Morgan fingerprint density at radius 2 is 2.00 bits per heavy atom. The van der Waals surface area contributed by atoms with Gasteiger partial charge < -0.3 is 10.4 Å². The zero-order chi connectivity index (χ0) is 13.7. The van der Waals surface area contributed by atoms with Crippen molar-refractivity contribution in [3.63, 3.8) is 0 Å². The highest BCUT2D eigenvalue weighted by Crippen LogP contribution is 2.35. The third kappa shape index (κ3) is 3.73. The van der Waals surface area contributed by atoms with Crippen LogP contribution in [0.5, 0.6) is 0 Å². The predicted molar refractivity (Wildman–Crippen MR) is 72.5 cm³/mol. The second-order valence-corrected chi connectivity index (χ2v) is 4.62. The first-order valence-corrected chi connectivity index (χ1v) is 6.26. The SMILES string of the molecule is CCC(CCO)Nc1c(Cl)cc([N+](=O)[O-])cc1Cl. The second-order valence-electron chi connectivity index (χ2n) is 3.80. The predicted octanol–water partition coefficient (Wildman–Crippen LogP) is 3.47. The molecule has 0 amide bonds. The molecule has 0 bridgehead atoms. The second kappa shape index (κ2) is 6.78. The quantitative estimate of drug-likeness (QED) is 0.622. The fourth-order valence-electron chi connectivity index (χ4n) is 1.54. The van der Waals surface area contributed by atoms with E-state index in [9.17, 15) is 10.1 Å². The minimum Gasteiger partial charge on any atom is -0.396 e. The van der Waals surface area contributed by atoms with Crippen molar-refractivity contribution < 1.29 is 10.0 Å². The first kappa shape index (κ1) is 15.0. The lowest BCUT2D eigenvalue weighted by atomic mass is 10.1. The highest BCUT2D eigenvalue weighted by atomic mass is 35.5. The number of anilines is 1. The molecule has 1 aromatic rings. The first-order chi connectivity index (χ1) is 8.49. The minimum atomic E-state index is -0.549. The normalized spacial score (nSPS) is 12.2. The maximum absolute atomic E-state index is 10.6. The number of nitrogens with zero attached hydrogens (tertiary/aromatic N) is 1. The Kier molecular flexibility index (Phi) is 5.65. The summed E-state index contributed by atoms with van der Waals surface area (Å²) < 4.78 is 0. The number of nitro benzene ring substituents is 1. The van der Waals surface area contributed by atoms with E-state index in [1.807, 2.05) is 6.92 Å². The van der Waals surface area contributed by atoms with Gasteiger partial charge in [-0.25, -0.2) is 0 Å². The monoisotopic (exact) mass is 292 g/mol. The van der Waals surface area contributed by atoms with Crippen LogP contribution < -0.4 is 5.32 Å². The molecule has 0 radical (unpaired) electrons. The van der Waals surface area contributed by atoms with Crippen molar-refractivity contribution in [3.8, 4) is 0 Å². The lowest BCUT2D eigenvalue weighted by Gasteiger charge is -2.19. The largest absolute Gasteiger partial charge is 0.396 e. The molecule has 1 atom stereocenters. The molecule has 0 saturated carbocycles. The summed E-state index contributed by atoms with van der Waals surface area (Å²) in [6.45, 7) is 2.01. The Bertz CT molecular complexity index is 417. The molecule has 0 saturated heterocycles. The third-order valence-electron chi connectivity index (χ3n) is 2.56. The van der Waals surface area contributed by atoms with Crippen molar-refractivity contribution in [1.82, 2.24) is 0 Å². The Morgan fingerprint density at radius 1 is 1.44 bits per heavy atom. The summed E-state index contributed by atoms with van der Waals surface area (Å²) in [5.41, 5.74) is 0.315. The van der Waals surface area contributed by atoms with Crippen LogP contribution >= 0.6 is 23.2 Å². The number of nitro groups is 1. The fraction of sp³-hybridized carbons (Fsp3) is 0.455. The summed E-state index contributed by atoms with van der Waals surface area (Å²) in [7, 11) is 0. The number of non-ortho nitro benzene ring substituents is 1. The fourth-order valence-corrected chi connectivity index (χ4v) is 2.13. The van der Waals surface area contributed by atoms with Crippen LogP contribution in [0.1, 0.15) is 19.8 Å². The maximum Gasteiger partial charge on any atom is 0.272 e. The van der Waals surface area contributed by atoms with Gasteiger partial charge in [0.25, 0.3) is 5.69 Å². The molecule has 7 heteroatoms. The van der Waals surface area contributed by atoms with E-state index < -0.39 is 4.92 Å². The molecule has 5 nitrogen and oxygen atoms in total. The van der Waals surface area contributed by atoms with Crippen LogP contribution in [0.15, 0.2) is 12.1 Å². The number of aliphatic hydroxyl groups excluding tert-OH is 1. The number of hydrogen-bond donors (Lipinski definition) is 2. The Hall–Kier alpha value is -1.04. The van der Waals surface area contributed by atoms with Gasteiger partial charge in [-0.05, 0) is 12.8 Å². The molecule has 0 fully saturated rings. The van der Waals surface area contributed by atoms with Crippen LogP contribution in [0.2, 0.25) is 10.0 Å². The van der Waals surface area contributed by atoms with Gasteiger partial charge in [0.05, 0.1) is 20.7 Å². The van der Waals surface area contributed by atoms with Crippen molar-refractivity contribution in [2.45, 2.75) is 25.8 Å². The van der Waals surface area contributed by atoms with Crippen LogP contribution in [0.4, 0.5) is 11.4 Å². The Labute approximate surface area is 115 Å². The third-order valence-corrected chi connectivity index (χ3v) is 3.15. The zero-order valence-corrected chi connectivity index (χ0v) is 11.3. The van der Waals surface area contributed by atoms with E-state index in [0.717, 1.165) is 6.42 Å². The average molecular weight is 293 g/mol. The molecule has 18 heavy (non-hydrogen) atoms. The Balaban J connectivity index is 2.99. The number of aliphatic hydroxyl groups is 1. The van der Waals surface area contributed by atoms with E-state index in [2.05, 4.69) is 5.32 Å². The highest BCUT2D eigenvalue weighted by Gasteiger charge is 2.16. The van der Waals surface area contributed by atoms with E-state index >= 15 is 0 Å². The van der Waals surface area contributed by atoms with Gasteiger partial charge in [-0.15, -0.1) is 0 Å². The van der Waals surface area contributed by atoms with E-state index in [0.29, 0.717) is 12.1 Å². The van der Waals surface area contributed by atoms with Crippen LogP contribution in [-0.4, -0.2) is 22.7 Å². The van der Waals surface area contributed by atoms with Gasteiger partial charge in [-0.3, -0.25) is 10.1 Å². The van der Waals surface area contributed by atoms with Gasteiger partial charge in [0, 0.05) is 24.8 Å². The average Bonchev–Trinajstić information content (AvgIpc) is 2.31. The van der Waals surface area contributed by atoms with Gasteiger partial charge in [0.15, 0.2) is 0 Å². The number of nitrogens with one attached hydrogen (secondary N) is 1. The number of hydrogen-bond acceptors (Lipinski definition) is 4. The topological polar surface area (TPSA) is 75.4 Å². The van der Waals surface area contributed by atoms with E-state index in [-0.39, 0.29) is 28.4 Å². The summed E-state index contributed by atoms with van der Waals surface area (Å²) in [5.74, 6) is 0. The first-order valence-electron chi connectivity index (χ1n) is 5.50. The number of benzene rings is 1. The summed E-state index contributed by atoms with van der Waals surface area (Å²) in [6, 6.07) is 2.52. The minimum absolute atomic E-state index is 0.0199. The molecule has 100 valence electrons. The van der Waals surface area contributed by atoms with Crippen LogP contribution in [0, 0.1) is 10.1 Å². The maximum atomic E-state index is 10.6. The molecule has 0 spiro atoms. The molecule has 1 rings (SSSR count). The van der Waals surface area contributed by atoms with E-state index in [1.54, 1.807) is 0 Å². The zero-order valence-electron chi connectivity index (χ0n) is 9.82.